The average molecular weight is 239 g/mol. The Balaban J connectivity index is 3.51. The molecule has 0 aliphatic carbocycles. The van der Waals surface area contributed by atoms with Crippen LogP contribution in [0.25, 0.3) is 0 Å². The van der Waals surface area contributed by atoms with E-state index in [1.54, 1.807) is 6.07 Å². The SMILES string of the molecule is Cc1c(C(=O)CCl)ccc(C#N)c1[N+](=O)[O-]. The number of nitro groups is 1. The summed E-state index contributed by atoms with van der Waals surface area (Å²) >= 11 is 5.38. The van der Waals surface area contributed by atoms with Crippen molar-refractivity contribution in [2.24, 2.45) is 0 Å². The van der Waals surface area contributed by atoms with Crippen molar-refractivity contribution in [1.82, 2.24) is 0 Å². The summed E-state index contributed by atoms with van der Waals surface area (Å²) < 4.78 is 0. The molecule has 0 saturated heterocycles. The Morgan fingerprint density at radius 1 is 1.62 bits per heavy atom. The van der Waals surface area contributed by atoms with E-state index in [0.717, 1.165) is 0 Å². The van der Waals surface area contributed by atoms with Crippen molar-refractivity contribution >= 4 is 23.1 Å². The molecule has 5 nitrogen and oxygen atoms in total. The molecule has 0 bridgehead atoms. The number of nitriles is 1. The summed E-state index contributed by atoms with van der Waals surface area (Å²) in [6.07, 6.45) is 0. The maximum atomic E-state index is 11.4. The Labute approximate surface area is 96.4 Å². The molecule has 1 aromatic carbocycles. The molecule has 0 fully saturated rings. The number of benzene rings is 1. The lowest BCUT2D eigenvalue weighted by Gasteiger charge is -2.04. The molecule has 0 aliphatic heterocycles. The Bertz CT molecular complexity index is 506. The van der Waals surface area contributed by atoms with Gasteiger partial charge < -0.3 is 0 Å². The number of hydrogen-bond acceptors (Lipinski definition) is 4. The number of hydrogen-bond donors (Lipinski definition) is 0. The molecule has 1 aromatic rings. The minimum atomic E-state index is -0.668. The van der Waals surface area contributed by atoms with Gasteiger partial charge in [0.05, 0.1) is 10.8 Å². The second-order valence-electron chi connectivity index (χ2n) is 3.06. The van der Waals surface area contributed by atoms with Crippen LogP contribution < -0.4 is 0 Å². The lowest BCUT2D eigenvalue weighted by Crippen LogP contribution is -2.06. The Hall–Kier alpha value is -1.93. The highest BCUT2D eigenvalue weighted by molar-refractivity contribution is 6.30. The van der Waals surface area contributed by atoms with Crippen molar-refractivity contribution in [1.29, 1.82) is 5.26 Å². The van der Waals surface area contributed by atoms with Gasteiger partial charge in [0, 0.05) is 11.1 Å². The topological polar surface area (TPSA) is 84.0 Å². The van der Waals surface area contributed by atoms with Gasteiger partial charge in [-0.2, -0.15) is 5.26 Å². The van der Waals surface area contributed by atoms with Crippen LogP contribution in [0.5, 0.6) is 0 Å². The monoisotopic (exact) mass is 238 g/mol. The predicted molar refractivity (Wildman–Crippen MR) is 57.6 cm³/mol. The van der Waals surface area contributed by atoms with Crippen LogP contribution in [0.2, 0.25) is 0 Å². The molecular formula is C10H7ClN2O3. The van der Waals surface area contributed by atoms with Gasteiger partial charge in [-0.25, -0.2) is 0 Å². The van der Waals surface area contributed by atoms with Crippen molar-refractivity contribution < 1.29 is 9.72 Å². The fourth-order valence-corrected chi connectivity index (χ4v) is 1.54. The summed E-state index contributed by atoms with van der Waals surface area (Å²) in [5, 5.41) is 19.5. The third kappa shape index (κ3) is 2.02. The van der Waals surface area contributed by atoms with Crippen LogP contribution in [-0.2, 0) is 0 Å². The average Bonchev–Trinajstić information content (AvgIpc) is 2.26. The van der Waals surface area contributed by atoms with E-state index in [9.17, 15) is 14.9 Å². The summed E-state index contributed by atoms with van der Waals surface area (Å²) in [5.74, 6) is -0.643. The largest absolute Gasteiger partial charge is 0.293 e. The van der Waals surface area contributed by atoms with Gasteiger partial charge >= 0.3 is 0 Å². The van der Waals surface area contributed by atoms with Gasteiger partial charge in [-0.3, -0.25) is 14.9 Å². The van der Waals surface area contributed by atoms with E-state index in [4.69, 9.17) is 16.9 Å². The van der Waals surface area contributed by atoms with E-state index in [2.05, 4.69) is 0 Å². The first-order valence-corrected chi connectivity index (χ1v) is 4.83. The zero-order valence-electron chi connectivity index (χ0n) is 8.36. The molecule has 0 N–H and O–H groups in total. The first-order valence-electron chi connectivity index (χ1n) is 4.30. The van der Waals surface area contributed by atoms with Crippen LogP contribution in [-0.4, -0.2) is 16.6 Å². The predicted octanol–water partition coefficient (Wildman–Crippen LogP) is 2.20. The summed E-state index contributed by atoms with van der Waals surface area (Å²) in [6.45, 7) is 1.43. The molecule has 0 aliphatic rings. The normalized spacial score (nSPS) is 9.56. The van der Waals surface area contributed by atoms with E-state index < -0.39 is 10.7 Å². The minimum Gasteiger partial charge on any atom is -0.293 e. The van der Waals surface area contributed by atoms with E-state index in [0.29, 0.717) is 0 Å². The van der Waals surface area contributed by atoms with E-state index >= 15 is 0 Å². The maximum absolute atomic E-state index is 11.4. The van der Waals surface area contributed by atoms with E-state index in [1.807, 2.05) is 0 Å². The lowest BCUT2D eigenvalue weighted by atomic mass is 10.0. The number of nitrogens with zero attached hydrogens (tertiary/aromatic N) is 2. The molecule has 0 amide bonds. The molecule has 0 atom stereocenters. The third-order valence-corrected chi connectivity index (χ3v) is 2.40. The smallest absolute Gasteiger partial charge is 0.290 e. The highest BCUT2D eigenvalue weighted by Gasteiger charge is 2.22. The quantitative estimate of drug-likeness (QED) is 0.350. The summed E-state index contributed by atoms with van der Waals surface area (Å²) in [4.78, 5) is 21.5. The fraction of sp³-hybridized carbons (Fsp3) is 0.200. The number of ketones is 1. The molecule has 0 saturated carbocycles. The first-order chi connectivity index (χ1) is 7.52. The fourth-order valence-electron chi connectivity index (χ4n) is 1.40. The summed E-state index contributed by atoms with van der Waals surface area (Å²) in [6, 6.07) is 4.35. The molecule has 6 heteroatoms. The highest BCUT2D eigenvalue weighted by atomic mass is 35.5. The van der Waals surface area contributed by atoms with Crippen LogP contribution in [0.1, 0.15) is 21.5 Å². The number of carbonyl (C=O) groups is 1. The number of halogens is 1. The van der Waals surface area contributed by atoms with Crippen molar-refractivity contribution in [2.45, 2.75) is 6.92 Å². The zero-order chi connectivity index (χ0) is 12.3. The van der Waals surface area contributed by atoms with Gasteiger partial charge in [0.2, 0.25) is 0 Å². The van der Waals surface area contributed by atoms with Gasteiger partial charge in [0.25, 0.3) is 5.69 Å². The molecule has 0 unspecified atom stereocenters. The van der Waals surface area contributed by atoms with E-state index in [-0.39, 0.29) is 28.3 Å². The lowest BCUT2D eigenvalue weighted by molar-refractivity contribution is -0.385. The van der Waals surface area contributed by atoms with Crippen molar-refractivity contribution in [3.05, 3.63) is 38.9 Å². The number of Topliss-reactive ketones (excluding diaryl/α,β-unsaturated/α-hetero) is 1. The first kappa shape index (κ1) is 12.1. The molecule has 0 heterocycles. The van der Waals surface area contributed by atoms with Crippen molar-refractivity contribution in [3.63, 3.8) is 0 Å². The van der Waals surface area contributed by atoms with Gasteiger partial charge in [-0.1, -0.05) is 0 Å². The highest BCUT2D eigenvalue weighted by Crippen LogP contribution is 2.26. The van der Waals surface area contributed by atoms with Gasteiger partial charge in [-0.05, 0) is 19.1 Å². The Morgan fingerprint density at radius 3 is 2.69 bits per heavy atom. The van der Waals surface area contributed by atoms with Crippen molar-refractivity contribution in [3.8, 4) is 6.07 Å². The molecule has 1 rings (SSSR count). The summed E-state index contributed by atoms with van der Waals surface area (Å²) in [7, 11) is 0. The van der Waals surface area contributed by atoms with Crippen LogP contribution >= 0.6 is 11.6 Å². The third-order valence-electron chi connectivity index (χ3n) is 2.16. The molecule has 16 heavy (non-hydrogen) atoms. The number of alkyl halides is 1. The number of carbonyl (C=O) groups excluding carboxylic acids is 1. The van der Waals surface area contributed by atoms with E-state index in [1.165, 1.54) is 19.1 Å². The maximum Gasteiger partial charge on any atom is 0.290 e. The second kappa shape index (κ2) is 4.73. The number of nitro benzene ring substituents is 1. The number of rotatable bonds is 3. The van der Waals surface area contributed by atoms with Crippen LogP contribution in [0.3, 0.4) is 0 Å². The van der Waals surface area contributed by atoms with Gasteiger partial charge in [-0.15, -0.1) is 11.6 Å². The Morgan fingerprint density at radius 2 is 2.25 bits per heavy atom. The minimum absolute atomic E-state index is 0.0615. The van der Waals surface area contributed by atoms with Crippen molar-refractivity contribution in [2.75, 3.05) is 5.88 Å². The van der Waals surface area contributed by atoms with Gasteiger partial charge in [0.15, 0.2) is 5.78 Å². The molecule has 0 spiro atoms. The van der Waals surface area contributed by atoms with Crippen LogP contribution in [0, 0.1) is 28.4 Å². The zero-order valence-corrected chi connectivity index (χ0v) is 9.11. The van der Waals surface area contributed by atoms with Crippen LogP contribution in [0.4, 0.5) is 5.69 Å². The molecule has 0 aromatic heterocycles. The molecular weight excluding hydrogens is 232 g/mol. The second-order valence-corrected chi connectivity index (χ2v) is 3.33. The standard InChI is InChI=1S/C10H7ClN2O3/c1-6-8(9(14)4-11)3-2-7(5-12)10(6)13(15)16/h2-3H,4H2,1H3. The van der Waals surface area contributed by atoms with Crippen LogP contribution in [0.15, 0.2) is 12.1 Å². The molecule has 82 valence electrons. The summed E-state index contributed by atoms with van der Waals surface area (Å²) in [5.41, 5.74) is -0.0394. The Kier molecular flexibility index (Phi) is 3.59. The molecule has 0 radical (unpaired) electrons. The van der Waals surface area contributed by atoms with Gasteiger partial charge in [0.1, 0.15) is 11.6 Å².